The van der Waals surface area contributed by atoms with E-state index in [9.17, 15) is 0 Å². The summed E-state index contributed by atoms with van der Waals surface area (Å²) in [5, 5.41) is 0. The highest BCUT2D eigenvalue weighted by Crippen LogP contribution is 2.27. The van der Waals surface area contributed by atoms with Crippen molar-refractivity contribution in [2.24, 2.45) is 5.73 Å². The van der Waals surface area contributed by atoms with Gasteiger partial charge in [0.15, 0.2) is 0 Å². The van der Waals surface area contributed by atoms with E-state index < -0.39 is 0 Å². The molecule has 0 bridgehead atoms. The van der Waals surface area contributed by atoms with Crippen LogP contribution in [-0.2, 0) is 12.8 Å². The van der Waals surface area contributed by atoms with Crippen molar-refractivity contribution in [3.8, 4) is 0 Å². The normalized spacial score (nSPS) is 18.2. The number of fused-ring (bicyclic) bond motifs is 1. The van der Waals surface area contributed by atoms with Crippen molar-refractivity contribution in [2.45, 2.75) is 70.8 Å². The molecule has 2 N–H and O–H groups in total. The van der Waals surface area contributed by atoms with Crippen molar-refractivity contribution in [2.75, 3.05) is 0 Å². The first-order valence-electron chi connectivity index (χ1n) is 7.58. The molecular formula is C17H27N. The number of benzene rings is 1. The van der Waals surface area contributed by atoms with Crippen LogP contribution in [0.25, 0.3) is 0 Å². The molecule has 0 heterocycles. The lowest BCUT2D eigenvalue weighted by atomic mass is 9.86. The van der Waals surface area contributed by atoms with Gasteiger partial charge in [-0.25, -0.2) is 0 Å². The van der Waals surface area contributed by atoms with Crippen LogP contribution in [0.1, 0.15) is 68.6 Å². The highest BCUT2D eigenvalue weighted by atomic mass is 14.6. The summed E-state index contributed by atoms with van der Waals surface area (Å²) in [5.41, 5.74) is 10.7. The molecule has 2 atom stereocenters. The minimum absolute atomic E-state index is 0.380. The summed E-state index contributed by atoms with van der Waals surface area (Å²) in [5.74, 6) is 0.648. The SMILES string of the molecule is CCC(N)CCC(C)c1ccc2c(c1)CCCC2. The van der Waals surface area contributed by atoms with Crippen LogP contribution >= 0.6 is 0 Å². The molecule has 2 rings (SSSR count). The summed E-state index contributed by atoms with van der Waals surface area (Å²) in [7, 11) is 0. The Morgan fingerprint density at radius 1 is 1.11 bits per heavy atom. The van der Waals surface area contributed by atoms with Crippen molar-refractivity contribution in [3.63, 3.8) is 0 Å². The van der Waals surface area contributed by atoms with Gasteiger partial charge < -0.3 is 5.73 Å². The van der Waals surface area contributed by atoms with E-state index in [0.717, 1.165) is 12.8 Å². The first-order chi connectivity index (χ1) is 8.70. The Hall–Kier alpha value is -0.820. The molecule has 1 aromatic rings. The number of aryl methyl sites for hydroxylation is 2. The van der Waals surface area contributed by atoms with E-state index in [0.29, 0.717) is 12.0 Å². The van der Waals surface area contributed by atoms with Gasteiger partial charge in [0.1, 0.15) is 0 Å². The molecule has 0 fully saturated rings. The number of hydrogen-bond acceptors (Lipinski definition) is 1. The lowest BCUT2D eigenvalue weighted by Crippen LogP contribution is -2.19. The van der Waals surface area contributed by atoms with Crippen LogP contribution < -0.4 is 5.73 Å². The fourth-order valence-electron chi connectivity index (χ4n) is 2.89. The molecule has 100 valence electrons. The van der Waals surface area contributed by atoms with E-state index in [1.807, 2.05) is 0 Å². The second kappa shape index (κ2) is 6.38. The number of nitrogens with two attached hydrogens (primary N) is 1. The average molecular weight is 245 g/mol. The van der Waals surface area contributed by atoms with E-state index >= 15 is 0 Å². The summed E-state index contributed by atoms with van der Waals surface area (Å²) in [4.78, 5) is 0. The van der Waals surface area contributed by atoms with Crippen LogP contribution in [0.15, 0.2) is 18.2 Å². The molecule has 1 aliphatic rings. The first kappa shape index (κ1) is 13.6. The van der Waals surface area contributed by atoms with Gasteiger partial charge in [0.05, 0.1) is 0 Å². The fourth-order valence-corrected chi connectivity index (χ4v) is 2.89. The van der Waals surface area contributed by atoms with Gasteiger partial charge in [-0.05, 0) is 67.6 Å². The van der Waals surface area contributed by atoms with Crippen LogP contribution in [0.4, 0.5) is 0 Å². The van der Waals surface area contributed by atoms with Crippen LogP contribution in [-0.4, -0.2) is 6.04 Å². The molecule has 1 aromatic carbocycles. The zero-order valence-corrected chi connectivity index (χ0v) is 11.9. The summed E-state index contributed by atoms with van der Waals surface area (Å²) >= 11 is 0. The largest absolute Gasteiger partial charge is 0.328 e. The Bertz CT molecular complexity index is 383. The van der Waals surface area contributed by atoms with E-state index in [2.05, 4.69) is 32.0 Å². The third-order valence-electron chi connectivity index (χ3n) is 4.44. The van der Waals surface area contributed by atoms with Gasteiger partial charge in [0, 0.05) is 6.04 Å². The Labute approximate surface area is 112 Å². The smallest absolute Gasteiger partial charge is 0.00364 e. The van der Waals surface area contributed by atoms with Crippen molar-refractivity contribution >= 4 is 0 Å². The van der Waals surface area contributed by atoms with E-state index in [4.69, 9.17) is 5.73 Å². The topological polar surface area (TPSA) is 26.0 Å². The molecule has 0 saturated heterocycles. The summed E-state index contributed by atoms with van der Waals surface area (Å²) in [6.45, 7) is 4.52. The van der Waals surface area contributed by atoms with Gasteiger partial charge in [-0.15, -0.1) is 0 Å². The Morgan fingerprint density at radius 2 is 1.83 bits per heavy atom. The minimum Gasteiger partial charge on any atom is -0.328 e. The lowest BCUT2D eigenvalue weighted by Gasteiger charge is -2.20. The van der Waals surface area contributed by atoms with Gasteiger partial charge in [-0.3, -0.25) is 0 Å². The number of rotatable bonds is 5. The Kier molecular flexibility index (Phi) is 4.82. The highest BCUT2D eigenvalue weighted by molar-refractivity contribution is 5.35. The maximum Gasteiger partial charge on any atom is 0.00364 e. The Balaban J connectivity index is 1.99. The van der Waals surface area contributed by atoms with E-state index in [1.165, 1.54) is 37.7 Å². The molecule has 0 amide bonds. The van der Waals surface area contributed by atoms with Gasteiger partial charge in [-0.2, -0.15) is 0 Å². The summed E-state index contributed by atoms with van der Waals surface area (Å²) < 4.78 is 0. The molecular weight excluding hydrogens is 218 g/mol. The van der Waals surface area contributed by atoms with Gasteiger partial charge in [-0.1, -0.05) is 32.0 Å². The van der Waals surface area contributed by atoms with Crippen molar-refractivity contribution in [3.05, 3.63) is 34.9 Å². The second-order valence-corrected chi connectivity index (χ2v) is 5.88. The number of hydrogen-bond donors (Lipinski definition) is 1. The molecule has 1 heteroatoms. The molecule has 0 radical (unpaired) electrons. The quantitative estimate of drug-likeness (QED) is 0.827. The molecule has 1 aliphatic carbocycles. The summed E-state index contributed by atoms with van der Waals surface area (Å²) in [6, 6.07) is 7.54. The van der Waals surface area contributed by atoms with Crippen LogP contribution in [0.3, 0.4) is 0 Å². The Morgan fingerprint density at radius 3 is 2.56 bits per heavy atom. The standard InChI is InChI=1S/C17H27N/c1-3-17(18)11-8-13(2)15-10-9-14-6-4-5-7-16(14)12-15/h9-10,12-13,17H,3-8,11,18H2,1-2H3. The maximum absolute atomic E-state index is 6.01. The molecule has 0 saturated carbocycles. The van der Waals surface area contributed by atoms with Gasteiger partial charge in [0.2, 0.25) is 0 Å². The summed E-state index contributed by atoms with van der Waals surface area (Å²) in [6.07, 6.45) is 8.76. The predicted octanol–water partition coefficient (Wildman–Crippen LogP) is 4.19. The van der Waals surface area contributed by atoms with Gasteiger partial charge in [0.25, 0.3) is 0 Å². The third kappa shape index (κ3) is 3.35. The average Bonchev–Trinajstić information content (AvgIpc) is 2.43. The second-order valence-electron chi connectivity index (χ2n) is 5.88. The zero-order chi connectivity index (χ0) is 13.0. The van der Waals surface area contributed by atoms with Crippen LogP contribution in [0, 0.1) is 0 Å². The molecule has 2 unspecified atom stereocenters. The molecule has 0 aromatic heterocycles. The van der Waals surface area contributed by atoms with Crippen molar-refractivity contribution in [1.82, 2.24) is 0 Å². The lowest BCUT2D eigenvalue weighted by molar-refractivity contribution is 0.530. The fraction of sp³-hybridized carbons (Fsp3) is 0.647. The van der Waals surface area contributed by atoms with Crippen LogP contribution in [0.5, 0.6) is 0 Å². The zero-order valence-electron chi connectivity index (χ0n) is 11.9. The molecule has 0 aliphatic heterocycles. The van der Waals surface area contributed by atoms with E-state index in [-0.39, 0.29) is 0 Å². The van der Waals surface area contributed by atoms with E-state index in [1.54, 1.807) is 11.1 Å². The minimum atomic E-state index is 0.380. The third-order valence-corrected chi connectivity index (χ3v) is 4.44. The van der Waals surface area contributed by atoms with Gasteiger partial charge >= 0.3 is 0 Å². The highest BCUT2D eigenvalue weighted by Gasteiger charge is 2.13. The first-order valence-corrected chi connectivity index (χ1v) is 7.58. The molecule has 0 spiro atoms. The molecule has 18 heavy (non-hydrogen) atoms. The monoisotopic (exact) mass is 245 g/mol. The van der Waals surface area contributed by atoms with Crippen LogP contribution in [0.2, 0.25) is 0 Å². The predicted molar refractivity (Wildman–Crippen MR) is 79.0 cm³/mol. The molecule has 1 nitrogen and oxygen atoms in total. The maximum atomic E-state index is 6.01. The van der Waals surface area contributed by atoms with Crippen molar-refractivity contribution < 1.29 is 0 Å². The van der Waals surface area contributed by atoms with Crippen molar-refractivity contribution in [1.29, 1.82) is 0 Å².